The first-order valence-corrected chi connectivity index (χ1v) is 9.17. The molecule has 0 fully saturated rings. The lowest BCUT2D eigenvalue weighted by Crippen LogP contribution is -2.09. The van der Waals surface area contributed by atoms with E-state index in [9.17, 15) is 13.6 Å². The topological polar surface area (TPSA) is 65.2 Å². The van der Waals surface area contributed by atoms with Gasteiger partial charge in [0.1, 0.15) is 11.6 Å². The Morgan fingerprint density at radius 3 is 2.37 bits per heavy atom. The number of esters is 1. The predicted molar refractivity (Wildman–Crippen MR) is 95.9 cm³/mol. The van der Waals surface area contributed by atoms with E-state index in [0.29, 0.717) is 11.3 Å². The first-order valence-electron chi connectivity index (χ1n) is 8.18. The van der Waals surface area contributed by atoms with Gasteiger partial charge in [-0.3, -0.25) is 4.79 Å². The molecule has 0 aliphatic rings. The molecule has 0 radical (unpaired) electrons. The summed E-state index contributed by atoms with van der Waals surface area (Å²) in [4.78, 5) is 12.8. The van der Waals surface area contributed by atoms with Gasteiger partial charge in [-0.2, -0.15) is 0 Å². The Bertz CT molecular complexity index is 898. The summed E-state index contributed by atoms with van der Waals surface area (Å²) >= 11 is 1.43. The third kappa shape index (κ3) is 5.37. The third-order valence-electron chi connectivity index (χ3n) is 3.58. The van der Waals surface area contributed by atoms with Crippen LogP contribution in [0, 0.1) is 11.6 Å². The van der Waals surface area contributed by atoms with Crippen LogP contribution in [-0.4, -0.2) is 21.9 Å². The van der Waals surface area contributed by atoms with Gasteiger partial charge in [-0.1, -0.05) is 0 Å². The summed E-state index contributed by atoms with van der Waals surface area (Å²) in [5, 5.41) is 7.76. The van der Waals surface area contributed by atoms with Gasteiger partial charge in [0.25, 0.3) is 5.89 Å². The number of rotatable bonds is 7. The maximum absolute atomic E-state index is 13.0. The van der Waals surface area contributed by atoms with Crippen molar-refractivity contribution in [1.82, 2.24) is 10.2 Å². The van der Waals surface area contributed by atoms with Gasteiger partial charge in [0.2, 0.25) is 5.89 Å². The van der Waals surface area contributed by atoms with Crippen LogP contribution < -0.4 is 0 Å². The molecule has 0 spiro atoms. The Morgan fingerprint density at radius 1 is 1.07 bits per heavy atom. The van der Waals surface area contributed by atoms with Crippen molar-refractivity contribution in [2.75, 3.05) is 5.75 Å². The molecule has 3 rings (SSSR count). The van der Waals surface area contributed by atoms with E-state index in [-0.39, 0.29) is 29.8 Å². The van der Waals surface area contributed by atoms with Crippen LogP contribution in [0.25, 0.3) is 11.5 Å². The number of ether oxygens (including phenoxy) is 1. The summed E-state index contributed by atoms with van der Waals surface area (Å²) < 4.78 is 36.6. The second kappa shape index (κ2) is 8.77. The number of aromatic nitrogens is 2. The molecule has 1 aromatic heterocycles. The number of thioether (sulfide) groups is 1. The monoisotopic (exact) mass is 390 g/mol. The zero-order valence-corrected chi connectivity index (χ0v) is 15.2. The van der Waals surface area contributed by atoms with Gasteiger partial charge in [0.05, 0.1) is 6.42 Å². The van der Waals surface area contributed by atoms with Gasteiger partial charge < -0.3 is 9.15 Å². The summed E-state index contributed by atoms with van der Waals surface area (Å²) in [6.45, 7) is 1.63. The van der Waals surface area contributed by atoms with E-state index in [4.69, 9.17) is 9.15 Å². The first kappa shape index (κ1) is 19.0. The minimum atomic E-state index is -0.699. The van der Waals surface area contributed by atoms with Gasteiger partial charge in [-0.25, -0.2) is 8.78 Å². The molecule has 2 aromatic carbocycles. The summed E-state index contributed by atoms with van der Waals surface area (Å²) in [5.74, 6) is -0.180. The number of carbonyl (C=O) groups excluding carboxylic acids is 1. The normalized spacial score (nSPS) is 12.0. The van der Waals surface area contributed by atoms with Crippen molar-refractivity contribution in [2.24, 2.45) is 0 Å². The molecular formula is C19H16F2N2O3S. The number of halogens is 2. The molecule has 0 N–H and O–H groups in total. The fourth-order valence-electron chi connectivity index (χ4n) is 2.20. The van der Waals surface area contributed by atoms with E-state index >= 15 is 0 Å². The molecule has 0 unspecified atom stereocenters. The largest absolute Gasteiger partial charge is 0.453 e. The Kier molecular flexibility index (Phi) is 6.18. The van der Waals surface area contributed by atoms with E-state index in [1.54, 1.807) is 19.1 Å². The van der Waals surface area contributed by atoms with Gasteiger partial charge in [0.15, 0.2) is 6.10 Å². The molecule has 3 aromatic rings. The standard InChI is InChI=1S/C19H16F2N2O3S/c1-12(18-22-23-19(26-18)13-2-4-14(20)5-3-13)25-17(24)10-11-27-16-8-6-15(21)7-9-16/h2-9,12H,10-11H2,1H3/t12-/m0/s1. The van der Waals surface area contributed by atoms with Crippen molar-refractivity contribution < 1.29 is 22.7 Å². The molecule has 140 valence electrons. The Balaban J connectivity index is 1.49. The van der Waals surface area contributed by atoms with E-state index in [1.165, 1.54) is 48.2 Å². The predicted octanol–water partition coefficient (Wildman–Crippen LogP) is 4.80. The second-order valence-electron chi connectivity index (χ2n) is 5.64. The zero-order chi connectivity index (χ0) is 19.2. The van der Waals surface area contributed by atoms with E-state index in [1.807, 2.05) is 0 Å². The number of hydrogen-bond donors (Lipinski definition) is 0. The van der Waals surface area contributed by atoms with Crippen LogP contribution in [0.1, 0.15) is 25.3 Å². The molecule has 8 heteroatoms. The van der Waals surface area contributed by atoms with Gasteiger partial charge in [-0.05, 0) is 55.5 Å². The SMILES string of the molecule is C[C@H](OC(=O)CCSc1ccc(F)cc1)c1nnc(-c2ccc(F)cc2)o1. The van der Waals surface area contributed by atoms with E-state index in [2.05, 4.69) is 10.2 Å². The maximum Gasteiger partial charge on any atom is 0.307 e. The summed E-state index contributed by atoms with van der Waals surface area (Å²) in [5.41, 5.74) is 0.573. The molecule has 0 aliphatic carbocycles. The third-order valence-corrected chi connectivity index (χ3v) is 4.59. The summed E-state index contributed by atoms with van der Waals surface area (Å²) in [7, 11) is 0. The van der Waals surface area contributed by atoms with Crippen molar-refractivity contribution in [3.8, 4) is 11.5 Å². The van der Waals surface area contributed by atoms with Crippen LogP contribution in [0.4, 0.5) is 8.78 Å². The summed E-state index contributed by atoms with van der Waals surface area (Å²) in [6, 6.07) is 11.7. The number of hydrogen-bond acceptors (Lipinski definition) is 6. The van der Waals surface area contributed by atoms with Crippen LogP contribution in [0.2, 0.25) is 0 Å². The molecule has 27 heavy (non-hydrogen) atoms. The Morgan fingerprint density at radius 2 is 1.70 bits per heavy atom. The maximum atomic E-state index is 13.0. The summed E-state index contributed by atoms with van der Waals surface area (Å²) in [6.07, 6.45) is -0.513. The van der Waals surface area contributed by atoms with Gasteiger partial charge in [-0.15, -0.1) is 22.0 Å². The van der Waals surface area contributed by atoms with Crippen LogP contribution in [0.3, 0.4) is 0 Å². The molecule has 0 aliphatic heterocycles. The molecule has 1 heterocycles. The second-order valence-corrected chi connectivity index (χ2v) is 6.81. The molecule has 0 bridgehead atoms. The molecule has 0 saturated carbocycles. The van der Waals surface area contributed by atoms with Crippen LogP contribution >= 0.6 is 11.8 Å². The highest BCUT2D eigenvalue weighted by atomic mass is 32.2. The van der Waals surface area contributed by atoms with Crippen LogP contribution in [0.15, 0.2) is 57.8 Å². The first-order chi connectivity index (χ1) is 13.0. The molecule has 0 amide bonds. The molecule has 5 nitrogen and oxygen atoms in total. The average molecular weight is 390 g/mol. The van der Waals surface area contributed by atoms with Crippen molar-refractivity contribution in [1.29, 1.82) is 0 Å². The van der Waals surface area contributed by atoms with Crippen molar-refractivity contribution in [3.05, 3.63) is 66.1 Å². The smallest absolute Gasteiger partial charge is 0.307 e. The highest BCUT2D eigenvalue weighted by Crippen LogP contribution is 2.24. The molecular weight excluding hydrogens is 374 g/mol. The molecule has 1 atom stereocenters. The number of nitrogens with zero attached hydrogens (tertiary/aromatic N) is 2. The fraction of sp³-hybridized carbons (Fsp3) is 0.211. The number of carbonyl (C=O) groups is 1. The van der Waals surface area contributed by atoms with Crippen molar-refractivity contribution in [3.63, 3.8) is 0 Å². The lowest BCUT2D eigenvalue weighted by Gasteiger charge is -2.09. The van der Waals surface area contributed by atoms with E-state index in [0.717, 1.165) is 4.90 Å². The lowest BCUT2D eigenvalue weighted by atomic mass is 10.2. The Labute approximate surface area is 158 Å². The fourth-order valence-corrected chi connectivity index (χ4v) is 3.03. The van der Waals surface area contributed by atoms with Crippen LogP contribution in [0.5, 0.6) is 0 Å². The average Bonchev–Trinajstić information content (AvgIpc) is 3.14. The van der Waals surface area contributed by atoms with Gasteiger partial charge >= 0.3 is 5.97 Å². The van der Waals surface area contributed by atoms with Crippen LogP contribution in [-0.2, 0) is 9.53 Å². The molecule has 0 saturated heterocycles. The number of benzene rings is 2. The minimum absolute atomic E-state index is 0.161. The lowest BCUT2D eigenvalue weighted by molar-refractivity contribution is -0.149. The minimum Gasteiger partial charge on any atom is -0.453 e. The van der Waals surface area contributed by atoms with Crippen molar-refractivity contribution >= 4 is 17.7 Å². The highest BCUT2D eigenvalue weighted by molar-refractivity contribution is 7.99. The van der Waals surface area contributed by atoms with Crippen molar-refractivity contribution in [2.45, 2.75) is 24.3 Å². The quantitative estimate of drug-likeness (QED) is 0.426. The van der Waals surface area contributed by atoms with E-state index < -0.39 is 12.1 Å². The highest BCUT2D eigenvalue weighted by Gasteiger charge is 2.19. The Hall–Kier alpha value is -2.74. The van der Waals surface area contributed by atoms with Gasteiger partial charge in [0, 0.05) is 16.2 Å². The zero-order valence-electron chi connectivity index (χ0n) is 14.4.